The molecule has 0 aliphatic rings. The fourth-order valence-corrected chi connectivity index (χ4v) is 7.31. The highest BCUT2D eigenvalue weighted by molar-refractivity contribution is 6.02. The Morgan fingerprint density at radius 2 is 0.910 bits per heavy atom. The summed E-state index contributed by atoms with van der Waals surface area (Å²) in [5, 5.41) is 33.0. The fraction of sp³-hybridized carbons (Fsp3) is 0.127. The van der Waals surface area contributed by atoms with Gasteiger partial charge in [-0.3, -0.25) is 0 Å². The maximum absolute atomic E-state index is 14.8. The van der Waals surface area contributed by atoms with Gasteiger partial charge in [-0.1, -0.05) is 125 Å². The molecular formula is C55H52F4N4O4. The van der Waals surface area contributed by atoms with E-state index in [1.165, 1.54) is 24.4 Å². The third-order valence-electron chi connectivity index (χ3n) is 10.4. The van der Waals surface area contributed by atoms with Crippen LogP contribution in [0, 0.1) is 16.6 Å². The van der Waals surface area contributed by atoms with E-state index in [0.29, 0.717) is 63.7 Å². The van der Waals surface area contributed by atoms with Crippen LogP contribution in [-0.2, 0) is 15.8 Å². The van der Waals surface area contributed by atoms with Crippen molar-refractivity contribution in [3.8, 4) is 0 Å². The quantitative estimate of drug-likeness (QED) is 0.0208. The number of hydrogen-bond donors (Lipinski definition) is 6. The number of nitrogen functional groups attached to an aromatic ring is 2. The smallest absolute Gasteiger partial charge is 0.417 e. The van der Waals surface area contributed by atoms with Crippen LogP contribution in [0.5, 0.6) is 0 Å². The number of hydrogen-bond acceptors (Lipinski definition) is 6. The van der Waals surface area contributed by atoms with E-state index in [-0.39, 0.29) is 11.1 Å². The van der Waals surface area contributed by atoms with Crippen molar-refractivity contribution in [1.29, 1.82) is 10.8 Å². The van der Waals surface area contributed by atoms with Crippen molar-refractivity contribution in [3.63, 3.8) is 0 Å². The summed E-state index contributed by atoms with van der Waals surface area (Å²) in [5.41, 5.74) is 20.4. The number of carboxylic acids is 2. The molecule has 8 N–H and O–H groups in total. The molecule has 0 saturated heterocycles. The Bertz CT molecular complexity index is 2850. The van der Waals surface area contributed by atoms with Crippen LogP contribution >= 0.6 is 0 Å². The number of nitrogens with two attached hydrogens (primary N) is 2. The third-order valence-corrected chi connectivity index (χ3v) is 10.4. The second kappa shape index (κ2) is 24.2. The van der Waals surface area contributed by atoms with Crippen LogP contribution in [0.4, 0.5) is 28.9 Å². The number of carboxylic acid groups (broad SMARTS) is 2. The van der Waals surface area contributed by atoms with E-state index in [9.17, 15) is 27.2 Å². The molecule has 12 heteroatoms. The molecule has 6 rings (SSSR count). The minimum Gasteiger partial charge on any atom is -0.478 e. The predicted octanol–water partition coefficient (Wildman–Crippen LogP) is 13.7. The Morgan fingerprint density at radius 3 is 1.28 bits per heavy atom. The van der Waals surface area contributed by atoms with Crippen LogP contribution in [-0.4, -0.2) is 34.6 Å². The molecule has 344 valence electrons. The van der Waals surface area contributed by atoms with Gasteiger partial charge in [0.05, 0.1) is 5.56 Å². The molecule has 67 heavy (non-hydrogen) atoms. The van der Waals surface area contributed by atoms with Crippen LogP contribution in [0.25, 0.3) is 34.4 Å². The Hall–Kier alpha value is -8.12. The number of halogens is 4. The zero-order chi connectivity index (χ0) is 49.3. The van der Waals surface area contributed by atoms with Gasteiger partial charge in [0.2, 0.25) is 0 Å². The van der Waals surface area contributed by atoms with E-state index in [1.54, 1.807) is 42.5 Å². The van der Waals surface area contributed by atoms with Crippen molar-refractivity contribution >= 4 is 70.2 Å². The minimum absolute atomic E-state index is 0.195. The second-order valence-corrected chi connectivity index (χ2v) is 14.5. The summed E-state index contributed by atoms with van der Waals surface area (Å²) in [5.74, 6) is -2.99. The first-order valence-electron chi connectivity index (χ1n) is 21.3. The molecule has 0 spiro atoms. The van der Waals surface area contributed by atoms with Gasteiger partial charge in [0.1, 0.15) is 5.82 Å². The van der Waals surface area contributed by atoms with Crippen molar-refractivity contribution in [2.24, 2.45) is 0 Å². The van der Waals surface area contributed by atoms with E-state index in [4.69, 9.17) is 32.5 Å². The van der Waals surface area contributed by atoms with Crippen LogP contribution in [0.2, 0.25) is 0 Å². The number of anilines is 2. The molecule has 8 nitrogen and oxygen atoms in total. The van der Waals surface area contributed by atoms with Gasteiger partial charge in [-0.25, -0.2) is 14.0 Å². The van der Waals surface area contributed by atoms with Crippen LogP contribution in [0.3, 0.4) is 0 Å². The van der Waals surface area contributed by atoms with Gasteiger partial charge >= 0.3 is 18.1 Å². The molecule has 0 aliphatic carbocycles. The summed E-state index contributed by atoms with van der Waals surface area (Å²) >= 11 is 0. The van der Waals surface area contributed by atoms with Gasteiger partial charge in [0, 0.05) is 52.6 Å². The van der Waals surface area contributed by atoms with Gasteiger partial charge in [-0.2, -0.15) is 13.2 Å². The molecular weight excluding hydrogens is 857 g/mol. The van der Waals surface area contributed by atoms with Crippen molar-refractivity contribution in [2.75, 3.05) is 11.5 Å². The largest absolute Gasteiger partial charge is 0.478 e. The molecule has 0 aromatic heterocycles. The van der Waals surface area contributed by atoms with Crippen LogP contribution in [0.15, 0.2) is 146 Å². The molecule has 0 aliphatic heterocycles. The van der Waals surface area contributed by atoms with E-state index < -0.39 is 29.5 Å². The Morgan fingerprint density at radius 1 is 0.537 bits per heavy atom. The van der Waals surface area contributed by atoms with Crippen LogP contribution < -0.4 is 11.5 Å². The summed E-state index contributed by atoms with van der Waals surface area (Å²) in [6, 6.07) is 38.3. The number of rotatable bonds is 14. The van der Waals surface area contributed by atoms with Crippen molar-refractivity contribution in [2.45, 2.75) is 46.7 Å². The first-order valence-corrected chi connectivity index (χ1v) is 21.3. The monoisotopic (exact) mass is 908 g/mol. The maximum Gasteiger partial charge on any atom is 0.417 e. The first kappa shape index (κ1) is 51.5. The van der Waals surface area contributed by atoms with Gasteiger partial charge in [0.25, 0.3) is 0 Å². The Balaban J connectivity index is 0.000000283. The Labute approximate surface area is 388 Å². The lowest BCUT2D eigenvalue weighted by Crippen LogP contribution is -2.09. The number of carbonyl (C=O) groups is 2. The molecule has 0 radical (unpaired) electrons. The van der Waals surface area contributed by atoms with Crippen molar-refractivity contribution in [1.82, 2.24) is 0 Å². The third kappa shape index (κ3) is 13.5. The molecule has 6 aromatic rings. The highest BCUT2D eigenvalue weighted by Crippen LogP contribution is 2.40. The van der Waals surface area contributed by atoms with Gasteiger partial charge in [0.15, 0.2) is 0 Å². The molecule has 0 unspecified atom stereocenters. The lowest BCUT2D eigenvalue weighted by Gasteiger charge is -2.19. The predicted molar refractivity (Wildman–Crippen MR) is 265 cm³/mol. The van der Waals surface area contributed by atoms with Gasteiger partial charge in [-0.05, 0) is 123 Å². The standard InChI is InChI=1S/C27H23F3N2O2.C26H23FN2O2.C2H6/c1-2-22(17-6-4-3-5-7-17)26(19-10-12-24(32)21(14-19)16-31)20-9-8-18(11-13-25(33)34)23(15-20)27(28,29)30;1-2-22(17-6-4-3-5-7-17)26(19-10-12-24(29)21(14-19)16-28)20-9-8-18(23(27)15-20)11-13-25(30)31;1-2/h3-16,31H,2,32H2,1H3,(H,33,34);3-16,28H,2,29H2,1H3,(H,30,31);1-2H3/b13-11+,26-22-,31-16?;13-11+,26-22-,28-16?;. The molecule has 6 aromatic carbocycles. The summed E-state index contributed by atoms with van der Waals surface area (Å²) in [7, 11) is 0. The zero-order valence-corrected chi connectivity index (χ0v) is 37.5. The molecule has 0 fully saturated rings. The molecule has 0 bridgehead atoms. The fourth-order valence-electron chi connectivity index (χ4n) is 7.31. The number of benzene rings is 6. The number of nitrogens with one attached hydrogen (secondary N) is 2. The lowest BCUT2D eigenvalue weighted by molar-refractivity contribution is -0.138. The average molecular weight is 909 g/mol. The number of allylic oxidation sites excluding steroid dienone is 2. The van der Waals surface area contributed by atoms with E-state index in [2.05, 4.69) is 0 Å². The summed E-state index contributed by atoms with van der Waals surface area (Å²) in [6.07, 6.45) is 2.60. The molecule has 0 amide bonds. The van der Waals surface area contributed by atoms with Crippen molar-refractivity contribution < 1.29 is 37.4 Å². The highest BCUT2D eigenvalue weighted by Gasteiger charge is 2.33. The topological polar surface area (TPSA) is 174 Å². The highest BCUT2D eigenvalue weighted by atomic mass is 19.4. The summed E-state index contributed by atoms with van der Waals surface area (Å²) in [6.45, 7) is 7.96. The molecule has 0 atom stereocenters. The SMILES string of the molecule is CC.CC/C(=C(/c1ccc(/C=C/C(=O)O)c(F)c1)c1ccc(N)c(C=N)c1)c1ccccc1.CC/C(=C(\c1ccc(N)c(C=N)c1)c1ccc(/C=C/C(=O)O)c(C(F)(F)F)c1)c1ccccc1. The first-order chi connectivity index (χ1) is 32.1. The van der Waals surface area contributed by atoms with E-state index >= 15 is 0 Å². The number of alkyl halides is 3. The maximum atomic E-state index is 14.8. The Kier molecular flexibility index (Phi) is 18.6. The summed E-state index contributed by atoms with van der Waals surface area (Å²) < 4.78 is 56.7. The van der Waals surface area contributed by atoms with E-state index in [1.807, 2.05) is 100 Å². The van der Waals surface area contributed by atoms with Gasteiger partial charge in [-0.15, -0.1) is 0 Å². The average Bonchev–Trinajstić information content (AvgIpc) is 3.33. The van der Waals surface area contributed by atoms with Crippen molar-refractivity contribution in [3.05, 3.63) is 213 Å². The van der Waals surface area contributed by atoms with Crippen LogP contribution in [0.1, 0.15) is 102 Å². The summed E-state index contributed by atoms with van der Waals surface area (Å²) in [4.78, 5) is 21.6. The molecule has 0 saturated carbocycles. The minimum atomic E-state index is -4.69. The number of aliphatic carboxylic acids is 2. The lowest BCUT2D eigenvalue weighted by atomic mass is 9.86. The zero-order valence-electron chi connectivity index (χ0n) is 37.5. The normalized spacial score (nSPS) is 11.9. The van der Waals surface area contributed by atoms with E-state index in [0.717, 1.165) is 57.8 Å². The second-order valence-electron chi connectivity index (χ2n) is 14.5. The molecule has 0 heterocycles. The van der Waals surface area contributed by atoms with Gasteiger partial charge < -0.3 is 32.5 Å².